The van der Waals surface area contributed by atoms with Gasteiger partial charge >= 0.3 is 0 Å². The molecule has 1 N–H and O–H groups in total. The van der Waals surface area contributed by atoms with E-state index < -0.39 is 5.41 Å². The first-order chi connectivity index (χ1) is 6.61. The molecule has 1 atom stereocenters. The Hall–Kier alpha value is -1.33. The van der Waals surface area contributed by atoms with E-state index in [4.69, 9.17) is 5.26 Å². The minimum absolute atomic E-state index is 0.0775. The molecule has 1 unspecified atom stereocenters. The Morgan fingerprint density at radius 3 is 2.29 bits per heavy atom. The molecule has 0 fully saturated rings. The lowest BCUT2D eigenvalue weighted by atomic mass is 9.82. The average Bonchev–Trinajstić information content (AvgIpc) is 2.20. The molecule has 1 aromatic carbocycles. The fourth-order valence-corrected chi connectivity index (χ4v) is 1.65. The second kappa shape index (κ2) is 4.26. The molecule has 1 aromatic rings. The predicted octanol–water partition coefficient (Wildman–Crippen LogP) is 2.50. The summed E-state index contributed by atoms with van der Waals surface area (Å²) >= 11 is 0. The van der Waals surface area contributed by atoms with E-state index in [2.05, 4.69) is 11.4 Å². The zero-order valence-corrected chi connectivity index (χ0v) is 8.91. The van der Waals surface area contributed by atoms with Gasteiger partial charge < -0.3 is 5.32 Å². The van der Waals surface area contributed by atoms with Crippen LogP contribution in [0.15, 0.2) is 30.3 Å². The maximum atomic E-state index is 9.07. The molecule has 1 rings (SSSR count). The molecule has 2 heteroatoms. The van der Waals surface area contributed by atoms with Crippen LogP contribution in [0.3, 0.4) is 0 Å². The number of nitriles is 1. The smallest absolute Gasteiger partial charge is 0.0712 e. The summed E-state index contributed by atoms with van der Waals surface area (Å²) in [4.78, 5) is 0. The van der Waals surface area contributed by atoms with Crippen molar-refractivity contribution < 1.29 is 0 Å². The Balaban J connectivity index is 3.01. The Labute approximate surface area is 85.6 Å². The van der Waals surface area contributed by atoms with Crippen LogP contribution in [-0.4, -0.2) is 7.05 Å². The quantitative estimate of drug-likeness (QED) is 0.791. The highest BCUT2D eigenvalue weighted by Gasteiger charge is 2.29. The number of benzene rings is 1. The van der Waals surface area contributed by atoms with Crippen LogP contribution in [0.25, 0.3) is 0 Å². The van der Waals surface area contributed by atoms with Gasteiger partial charge in [-0.2, -0.15) is 5.26 Å². The van der Waals surface area contributed by atoms with Gasteiger partial charge in [-0.1, -0.05) is 30.3 Å². The maximum absolute atomic E-state index is 9.07. The third kappa shape index (κ3) is 2.12. The lowest BCUT2D eigenvalue weighted by Gasteiger charge is -2.27. The van der Waals surface area contributed by atoms with Crippen molar-refractivity contribution in [2.24, 2.45) is 5.41 Å². The molecule has 0 aliphatic rings. The summed E-state index contributed by atoms with van der Waals surface area (Å²) in [6.07, 6.45) is 0. The van der Waals surface area contributed by atoms with Crippen molar-refractivity contribution in [2.45, 2.75) is 19.9 Å². The highest BCUT2D eigenvalue weighted by molar-refractivity contribution is 5.23. The topological polar surface area (TPSA) is 35.8 Å². The molecule has 74 valence electrons. The monoisotopic (exact) mass is 188 g/mol. The van der Waals surface area contributed by atoms with E-state index in [9.17, 15) is 0 Å². The van der Waals surface area contributed by atoms with Crippen LogP contribution < -0.4 is 5.32 Å². The molecular weight excluding hydrogens is 172 g/mol. The lowest BCUT2D eigenvalue weighted by Crippen LogP contribution is -2.30. The number of nitrogens with one attached hydrogen (secondary N) is 1. The molecule has 0 saturated carbocycles. The number of hydrogen-bond acceptors (Lipinski definition) is 2. The van der Waals surface area contributed by atoms with Crippen LogP contribution >= 0.6 is 0 Å². The Bertz CT molecular complexity index is 322. The largest absolute Gasteiger partial charge is 0.312 e. The number of nitrogens with zero attached hydrogens (tertiary/aromatic N) is 1. The first-order valence-electron chi connectivity index (χ1n) is 4.75. The summed E-state index contributed by atoms with van der Waals surface area (Å²) in [5, 5.41) is 12.3. The zero-order valence-electron chi connectivity index (χ0n) is 8.91. The molecule has 0 aromatic heterocycles. The predicted molar refractivity (Wildman–Crippen MR) is 57.6 cm³/mol. The van der Waals surface area contributed by atoms with Crippen molar-refractivity contribution in [1.82, 2.24) is 5.32 Å². The molecule has 0 radical (unpaired) electrons. The van der Waals surface area contributed by atoms with E-state index in [1.807, 2.05) is 51.2 Å². The Kier molecular flexibility index (Phi) is 3.27. The summed E-state index contributed by atoms with van der Waals surface area (Å²) in [6, 6.07) is 12.5. The van der Waals surface area contributed by atoms with Crippen LogP contribution in [-0.2, 0) is 0 Å². The van der Waals surface area contributed by atoms with Gasteiger partial charge in [-0.3, -0.25) is 0 Å². The summed E-state index contributed by atoms with van der Waals surface area (Å²) < 4.78 is 0. The average molecular weight is 188 g/mol. The van der Waals surface area contributed by atoms with Crippen molar-refractivity contribution in [1.29, 1.82) is 5.26 Å². The Morgan fingerprint density at radius 1 is 1.29 bits per heavy atom. The van der Waals surface area contributed by atoms with Gasteiger partial charge in [0.1, 0.15) is 0 Å². The first kappa shape index (κ1) is 10.7. The summed E-state index contributed by atoms with van der Waals surface area (Å²) in [5.41, 5.74) is 0.761. The maximum Gasteiger partial charge on any atom is 0.0712 e. The van der Waals surface area contributed by atoms with Crippen LogP contribution in [0.4, 0.5) is 0 Å². The van der Waals surface area contributed by atoms with Crippen LogP contribution in [0, 0.1) is 16.7 Å². The lowest BCUT2D eigenvalue weighted by molar-refractivity contribution is 0.344. The van der Waals surface area contributed by atoms with E-state index in [1.165, 1.54) is 0 Å². The fourth-order valence-electron chi connectivity index (χ4n) is 1.65. The minimum Gasteiger partial charge on any atom is -0.312 e. The van der Waals surface area contributed by atoms with E-state index in [-0.39, 0.29) is 6.04 Å². The van der Waals surface area contributed by atoms with Crippen molar-refractivity contribution in [2.75, 3.05) is 7.05 Å². The van der Waals surface area contributed by atoms with Crippen molar-refractivity contribution in [3.05, 3.63) is 35.9 Å². The first-order valence-corrected chi connectivity index (χ1v) is 4.75. The van der Waals surface area contributed by atoms with Gasteiger partial charge in [0.15, 0.2) is 0 Å². The van der Waals surface area contributed by atoms with Crippen LogP contribution in [0.2, 0.25) is 0 Å². The van der Waals surface area contributed by atoms with E-state index in [1.54, 1.807) is 0 Å². The standard InChI is InChI=1S/C12H16N2/c1-12(2,9-13)11(14-3)10-7-5-4-6-8-10/h4-8,11,14H,1-3H3. The van der Waals surface area contributed by atoms with Gasteiger partial charge in [-0.25, -0.2) is 0 Å². The van der Waals surface area contributed by atoms with Gasteiger partial charge in [-0.05, 0) is 26.5 Å². The highest BCUT2D eigenvalue weighted by atomic mass is 14.9. The minimum atomic E-state index is -0.393. The number of hydrogen-bond donors (Lipinski definition) is 1. The molecule has 0 spiro atoms. The molecular formula is C12H16N2. The van der Waals surface area contributed by atoms with E-state index in [0.29, 0.717) is 0 Å². The van der Waals surface area contributed by atoms with Gasteiger partial charge in [0.2, 0.25) is 0 Å². The molecule has 0 saturated heterocycles. The molecule has 14 heavy (non-hydrogen) atoms. The van der Waals surface area contributed by atoms with E-state index >= 15 is 0 Å². The van der Waals surface area contributed by atoms with Gasteiger partial charge in [-0.15, -0.1) is 0 Å². The van der Waals surface area contributed by atoms with Crippen LogP contribution in [0.5, 0.6) is 0 Å². The van der Waals surface area contributed by atoms with Crippen molar-refractivity contribution in [3.63, 3.8) is 0 Å². The third-order valence-electron chi connectivity index (χ3n) is 2.43. The second-order valence-electron chi connectivity index (χ2n) is 3.97. The fraction of sp³-hybridized carbons (Fsp3) is 0.417. The SMILES string of the molecule is CNC(c1ccccc1)C(C)(C)C#N. The molecule has 0 amide bonds. The third-order valence-corrected chi connectivity index (χ3v) is 2.43. The normalized spacial score (nSPS) is 13.3. The molecule has 0 aliphatic heterocycles. The molecule has 0 bridgehead atoms. The van der Waals surface area contributed by atoms with Crippen molar-refractivity contribution in [3.8, 4) is 6.07 Å². The molecule has 0 aliphatic carbocycles. The number of rotatable bonds is 3. The van der Waals surface area contributed by atoms with Crippen LogP contribution in [0.1, 0.15) is 25.5 Å². The second-order valence-corrected chi connectivity index (χ2v) is 3.97. The van der Waals surface area contributed by atoms with Gasteiger partial charge in [0.25, 0.3) is 0 Å². The van der Waals surface area contributed by atoms with Gasteiger partial charge in [0.05, 0.1) is 17.5 Å². The summed E-state index contributed by atoms with van der Waals surface area (Å²) in [6.45, 7) is 3.89. The highest BCUT2D eigenvalue weighted by Crippen LogP contribution is 2.31. The van der Waals surface area contributed by atoms with E-state index in [0.717, 1.165) is 5.56 Å². The van der Waals surface area contributed by atoms with Gasteiger partial charge in [0, 0.05) is 0 Å². The summed E-state index contributed by atoms with van der Waals surface area (Å²) in [5.74, 6) is 0. The molecule has 0 heterocycles. The molecule has 2 nitrogen and oxygen atoms in total. The zero-order chi connectivity index (χ0) is 10.6. The Morgan fingerprint density at radius 2 is 1.86 bits per heavy atom. The van der Waals surface area contributed by atoms with Crippen molar-refractivity contribution >= 4 is 0 Å². The summed E-state index contributed by atoms with van der Waals surface area (Å²) in [7, 11) is 1.89.